The number of rotatable bonds is 6. The molecule has 5 heteroatoms. The van der Waals surface area contributed by atoms with Gasteiger partial charge in [-0.05, 0) is 30.7 Å². The Morgan fingerprint density at radius 1 is 1.04 bits per heavy atom. The highest BCUT2D eigenvalue weighted by atomic mass is 32.2. The Bertz CT molecular complexity index is 768. The molecule has 0 radical (unpaired) electrons. The zero-order valence-electron chi connectivity index (χ0n) is 12.8. The van der Waals surface area contributed by atoms with Crippen LogP contribution >= 0.6 is 0 Å². The van der Waals surface area contributed by atoms with Gasteiger partial charge in [-0.1, -0.05) is 54.6 Å². The van der Waals surface area contributed by atoms with E-state index in [-0.39, 0.29) is 17.3 Å². The average molecular weight is 329 g/mol. The normalized spacial score (nSPS) is 12.9. The van der Waals surface area contributed by atoms with Gasteiger partial charge in [0.1, 0.15) is 5.25 Å². The Morgan fingerprint density at radius 3 is 2.17 bits per heavy atom. The molecule has 0 heterocycles. The molecule has 0 aliphatic heterocycles. The number of nitrogens with one attached hydrogen (secondary N) is 1. The van der Waals surface area contributed by atoms with Gasteiger partial charge in [0, 0.05) is 6.54 Å². The third kappa shape index (κ3) is 4.29. The molecule has 0 aromatic heterocycles. The maximum absolute atomic E-state index is 12.9. The van der Waals surface area contributed by atoms with E-state index in [9.17, 15) is 13.2 Å². The van der Waals surface area contributed by atoms with Gasteiger partial charge in [0.25, 0.3) is 0 Å². The van der Waals surface area contributed by atoms with E-state index in [1.165, 1.54) is 6.08 Å². The van der Waals surface area contributed by atoms with Gasteiger partial charge in [-0.25, -0.2) is 8.42 Å². The van der Waals surface area contributed by atoms with Crippen molar-refractivity contribution in [1.29, 1.82) is 0 Å². The number of hydrogen-bond acceptors (Lipinski definition) is 3. The molecule has 120 valence electrons. The van der Waals surface area contributed by atoms with Crippen LogP contribution in [0.3, 0.4) is 0 Å². The lowest BCUT2D eigenvalue weighted by molar-refractivity contribution is -0.116. The largest absolute Gasteiger partial charge is 0.351 e. The Balaban J connectivity index is 2.36. The monoisotopic (exact) mass is 329 g/mol. The van der Waals surface area contributed by atoms with Gasteiger partial charge in [0.15, 0.2) is 9.84 Å². The van der Waals surface area contributed by atoms with E-state index in [4.69, 9.17) is 0 Å². The van der Waals surface area contributed by atoms with E-state index in [0.29, 0.717) is 5.56 Å². The molecular formula is C18H19NO3S. The molecule has 0 saturated heterocycles. The quantitative estimate of drug-likeness (QED) is 0.829. The summed E-state index contributed by atoms with van der Waals surface area (Å²) in [4.78, 5) is 11.9. The van der Waals surface area contributed by atoms with Gasteiger partial charge in [-0.2, -0.15) is 0 Å². The molecule has 0 spiro atoms. The molecule has 2 rings (SSSR count). The summed E-state index contributed by atoms with van der Waals surface area (Å²) in [6.45, 7) is 1.75. The maximum atomic E-state index is 12.9. The van der Waals surface area contributed by atoms with Gasteiger partial charge in [-0.3, -0.25) is 4.79 Å². The maximum Gasteiger partial charge on any atom is 0.243 e. The summed E-state index contributed by atoms with van der Waals surface area (Å²) in [7, 11) is -3.60. The first-order valence-corrected chi connectivity index (χ1v) is 8.84. The number of carbonyl (C=O) groups is 1. The molecule has 4 nitrogen and oxygen atoms in total. The molecule has 0 aliphatic carbocycles. The average Bonchev–Trinajstić information content (AvgIpc) is 2.57. The lowest BCUT2D eigenvalue weighted by Gasteiger charge is -2.18. The molecule has 1 atom stereocenters. The molecule has 2 aromatic carbocycles. The Hall–Kier alpha value is -2.40. The fourth-order valence-electron chi connectivity index (χ4n) is 2.25. The van der Waals surface area contributed by atoms with Crippen LogP contribution in [0.15, 0.2) is 77.7 Å². The topological polar surface area (TPSA) is 63.2 Å². The summed E-state index contributed by atoms with van der Waals surface area (Å²) in [5.41, 5.74) is 0.650. The number of amides is 1. The Morgan fingerprint density at radius 2 is 1.61 bits per heavy atom. The van der Waals surface area contributed by atoms with Crippen molar-refractivity contribution in [3.8, 4) is 0 Å². The number of sulfone groups is 1. The van der Waals surface area contributed by atoms with Crippen molar-refractivity contribution in [2.75, 3.05) is 6.54 Å². The summed E-state index contributed by atoms with van der Waals surface area (Å²) in [6, 6.07) is 17.2. The highest BCUT2D eigenvalue weighted by Crippen LogP contribution is 2.28. The fraction of sp³-hybridized carbons (Fsp3) is 0.167. The van der Waals surface area contributed by atoms with Crippen LogP contribution < -0.4 is 5.32 Å². The van der Waals surface area contributed by atoms with Gasteiger partial charge in [0.2, 0.25) is 5.91 Å². The van der Waals surface area contributed by atoms with E-state index >= 15 is 0 Å². The predicted octanol–water partition coefficient (Wildman–Crippen LogP) is 2.89. The summed E-state index contributed by atoms with van der Waals surface area (Å²) in [6.07, 6.45) is 2.98. The van der Waals surface area contributed by atoms with Crippen LogP contribution in [0.25, 0.3) is 0 Å². The van der Waals surface area contributed by atoms with Crippen molar-refractivity contribution in [2.45, 2.75) is 17.1 Å². The van der Waals surface area contributed by atoms with Crippen molar-refractivity contribution < 1.29 is 13.2 Å². The van der Waals surface area contributed by atoms with Crippen molar-refractivity contribution in [1.82, 2.24) is 5.32 Å². The summed E-state index contributed by atoms with van der Waals surface area (Å²) in [5.74, 6) is -0.309. The van der Waals surface area contributed by atoms with Crippen LogP contribution in [0.2, 0.25) is 0 Å². The van der Waals surface area contributed by atoms with Gasteiger partial charge >= 0.3 is 0 Å². The smallest absolute Gasteiger partial charge is 0.243 e. The molecule has 2 aromatic rings. The molecular weight excluding hydrogens is 310 g/mol. The summed E-state index contributed by atoms with van der Waals surface area (Å²) < 4.78 is 25.9. The Kier molecular flexibility index (Phi) is 5.71. The van der Waals surface area contributed by atoms with E-state index in [2.05, 4.69) is 5.32 Å². The second-order valence-electron chi connectivity index (χ2n) is 5.00. The van der Waals surface area contributed by atoms with Crippen molar-refractivity contribution >= 4 is 15.7 Å². The van der Waals surface area contributed by atoms with Crippen molar-refractivity contribution in [3.05, 3.63) is 78.4 Å². The molecule has 23 heavy (non-hydrogen) atoms. The lowest BCUT2D eigenvalue weighted by Crippen LogP contribution is -2.30. The van der Waals surface area contributed by atoms with Crippen LogP contribution in [0, 0.1) is 0 Å². The number of carbonyl (C=O) groups excluding carboxylic acids is 1. The highest BCUT2D eigenvalue weighted by Gasteiger charge is 2.29. The van der Waals surface area contributed by atoms with Gasteiger partial charge in [-0.15, -0.1) is 0 Å². The van der Waals surface area contributed by atoms with E-state index in [1.54, 1.807) is 67.6 Å². The van der Waals surface area contributed by atoms with Crippen molar-refractivity contribution in [2.24, 2.45) is 0 Å². The lowest BCUT2D eigenvalue weighted by atomic mass is 10.1. The van der Waals surface area contributed by atoms with Crippen molar-refractivity contribution in [3.63, 3.8) is 0 Å². The minimum Gasteiger partial charge on any atom is -0.351 e. The first-order chi connectivity index (χ1) is 11.1. The standard InChI is InChI=1S/C18H19NO3S/c1-2-9-18(20)19-14-17(15-10-5-3-6-11-15)23(21,22)16-12-7-4-8-13-16/h2-13,17H,14H2,1H3,(H,19,20)/b9-2+. The van der Waals surface area contributed by atoms with Crippen LogP contribution in [0.1, 0.15) is 17.7 Å². The molecule has 1 N–H and O–H groups in total. The minimum absolute atomic E-state index is 0.0183. The molecule has 0 fully saturated rings. The second-order valence-corrected chi connectivity index (χ2v) is 7.13. The van der Waals surface area contributed by atoms with Crippen LogP contribution in [0.5, 0.6) is 0 Å². The molecule has 0 saturated carbocycles. The van der Waals surface area contributed by atoms with Gasteiger partial charge in [0.05, 0.1) is 4.90 Å². The fourth-order valence-corrected chi connectivity index (χ4v) is 3.94. The molecule has 1 amide bonds. The van der Waals surface area contributed by atoms with E-state index < -0.39 is 15.1 Å². The van der Waals surface area contributed by atoms with Crippen LogP contribution in [-0.2, 0) is 14.6 Å². The Labute approximate surface area is 136 Å². The summed E-state index contributed by atoms with van der Waals surface area (Å²) >= 11 is 0. The first-order valence-electron chi connectivity index (χ1n) is 7.30. The number of hydrogen-bond donors (Lipinski definition) is 1. The molecule has 1 unspecified atom stereocenters. The first kappa shape index (κ1) is 17.0. The number of benzene rings is 2. The highest BCUT2D eigenvalue weighted by molar-refractivity contribution is 7.91. The summed E-state index contributed by atoms with van der Waals surface area (Å²) in [5, 5.41) is 1.82. The van der Waals surface area contributed by atoms with Gasteiger partial charge < -0.3 is 5.32 Å². The second kappa shape index (κ2) is 7.74. The zero-order valence-corrected chi connectivity index (χ0v) is 13.7. The van der Waals surface area contributed by atoms with E-state index in [1.807, 2.05) is 6.07 Å². The molecule has 0 aliphatic rings. The number of allylic oxidation sites excluding steroid dienone is 1. The third-order valence-corrected chi connectivity index (χ3v) is 5.51. The molecule has 0 bridgehead atoms. The van der Waals surface area contributed by atoms with Crippen LogP contribution in [0.4, 0.5) is 0 Å². The zero-order chi connectivity index (χ0) is 16.7. The SMILES string of the molecule is C/C=C/C(=O)NCC(c1ccccc1)S(=O)(=O)c1ccccc1. The van der Waals surface area contributed by atoms with Crippen LogP contribution in [-0.4, -0.2) is 20.9 Å². The van der Waals surface area contributed by atoms with E-state index in [0.717, 1.165) is 0 Å². The third-order valence-electron chi connectivity index (χ3n) is 3.40. The minimum atomic E-state index is -3.60. The predicted molar refractivity (Wildman–Crippen MR) is 90.6 cm³/mol.